The Bertz CT molecular complexity index is 768. The highest BCUT2D eigenvalue weighted by Gasteiger charge is 2.40. The molecule has 2 aromatic rings. The molecule has 0 amide bonds. The number of benzene rings is 1. The Labute approximate surface area is 141 Å². The van der Waals surface area contributed by atoms with Crippen LogP contribution in [0.3, 0.4) is 0 Å². The summed E-state index contributed by atoms with van der Waals surface area (Å²) in [6.07, 6.45) is 4.05. The van der Waals surface area contributed by atoms with Gasteiger partial charge in [-0.05, 0) is 56.8 Å². The van der Waals surface area contributed by atoms with Crippen molar-refractivity contribution in [3.05, 3.63) is 47.3 Å². The van der Waals surface area contributed by atoms with Crippen molar-refractivity contribution in [1.29, 1.82) is 0 Å². The van der Waals surface area contributed by atoms with E-state index < -0.39 is 11.4 Å². The second-order valence-electron chi connectivity index (χ2n) is 7.30. The van der Waals surface area contributed by atoms with Gasteiger partial charge in [-0.25, -0.2) is 4.68 Å². The smallest absolute Gasteiger partial charge is 0.310 e. The summed E-state index contributed by atoms with van der Waals surface area (Å²) in [5.41, 5.74) is 4.32. The van der Waals surface area contributed by atoms with Gasteiger partial charge in [0, 0.05) is 18.8 Å². The number of rotatable bonds is 4. The van der Waals surface area contributed by atoms with Gasteiger partial charge >= 0.3 is 5.97 Å². The number of carboxylic acid groups (broad SMARTS) is 1. The fourth-order valence-electron chi connectivity index (χ4n) is 4.00. The maximum absolute atomic E-state index is 11.5. The maximum atomic E-state index is 11.5. The molecule has 0 radical (unpaired) electrons. The van der Waals surface area contributed by atoms with Crippen LogP contribution in [0.5, 0.6) is 0 Å². The largest absolute Gasteiger partial charge is 0.481 e. The van der Waals surface area contributed by atoms with E-state index >= 15 is 0 Å². The quantitative estimate of drug-likeness (QED) is 0.939. The molecule has 24 heavy (non-hydrogen) atoms. The van der Waals surface area contributed by atoms with Crippen LogP contribution in [0, 0.1) is 5.41 Å². The van der Waals surface area contributed by atoms with Gasteiger partial charge in [-0.1, -0.05) is 18.2 Å². The molecule has 1 fully saturated rings. The molecule has 1 aromatic carbocycles. The zero-order valence-electron chi connectivity index (χ0n) is 14.0. The Morgan fingerprint density at radius 2 is 2.08 bits per heavy atom. The van der Waals surface area contributed by atoms with Crippen molar-refractivity contribution in [2.24, 2.45) is 5.41 Å². The number of para-hydroxylation sites is 1. The molecule has 0 saturated carbocycles. The molecular weight excluding hydrogens is 302 g/mol. The highest BCUT2D eigenvalue weighted by Crippen LogP contribution is 2.33. The average Bonchev–Trinajstić information content (AvgIpc) is 3.26. The molecule has 2 heterocycles. The van der Waals surface area contributed by atoms with Crippen LogP contribution in [0.4, 0.5) is 0 Å². The molecule has 2 aliphatic rings. The van der Waals surface area contributed by atoms with Crippen molar-refractivity contribution >= 4 is 5.97 Å². The molecule has 1 unspecified atom stereocenters. The Kier molecular flexibility index (Phi) is 3.68. The van der Waals surface area contributed by atoms with Crippen molar-refractivity contribution < 1.29 is 9.90 Å². The van der Waals surface area contributed by atoms with Crippen molar-refractivity contribution in [1.82, 2.24) is 14.7 Å². The highest BCUT2D eigenvalue weighted by molar-refractivity contribution is 5.74. The van der Waals surface area contributed by atoms with Crippen LogP contribution in [-0.2, 0) is 24.2 Å². The standard InChI is InChI=1S/C19H23N3O2/c1-19(18(23)24)10-11-21(13-19)12-16-15-8-5-9-17(15)22(20-16)14-6-3-2-4-7-14/h2-4,6-7H,5,8-13H2,1H3,(H,23,24). The predicted molar refractivity (Wildman–Crippen MR) is 91.2 cm³/mol. The molecule has 4 rings (SSSR count). The number of carbonyl (C=O) groups is 1. The van der Waals surface area contributed by atoms with Crippen LogP contribution in [-0.4, -0.2) is 38.8 Å². The molecule has 1 saturated heterocycles. The Morgan fingerprint density at radius 3 is 2.79 bits per heavy atom. The van der Waals surface area contributed by atoms with Crippen LogP contribution < -0.4 is 0 Å². The predicted octanol–water partition coefficient (Wildman–Crippen LogP) is 2.66. The second-order valence-corrected chi connectivity index (χ2v) is 7.30. The molecule has 1 N–H and O–H groups in total. The first-order valence-electron chi connectivity index (χ1n) is 8.68. The zero-order valence-corrected chi connectivity index (χ0v) is 14.0. The molecule has 1 aromatic heterocycles. The van der Waals surface area contributed by atoms with Crippen molar-refractivity contribution in [3.8, 4) is 5.69 Å². The third-order valence-corrected chi connectivity index (χ3v) is 5.46. The van der Waals surface area contributed by atoms with Gasteiger partial charge in [0.05, 0.1) is 16.8 Å². The molecule has 0 bridgehead atoms. The second kappa shape index (κ2) is 5.74. The number of nitrogens with zero attached hydrogens (tertiary/aromatic N) is 3. The fraction of sp³-hybridized carbons (Fsp3) is 0.474. The number of hydrogen-bond acceptors (Lipinski definition) is 3. The lowest BCUT2D eigenvalue weighted by Gasteiger charge is -2.19. The summed E-state index contributed by atoms with van der Waals surface area (Å²) >= 11 is 0. The molecule has 5 heteroatoms. The normalized spacial score (nSPS) is 23.5. The van der Waals surface area contributed by atoms with E-state index in [0.717, 1.165) is 37.3 Å². The van der Waals surface area contributed by atoms with E-state index in [1.165, 1.54) is 17.7 Å². The summed E-state index contributed by atoms with van der Waals surface area (Å²) in [4.78, 5) is 13.7. The molecule has 1 aliphatic heterocycles. The van der Waals surface area contributed by atoms with E-state index in [1.807, 2.05) is 25.1 Å². The molecule has 126 valence electrons. The van der Waals surface area contributed by atoms with Crippen molar-refractivity contribution in [2.75, 3.05) is 13.1 Å². The van der Waals surface area contributed by atoms with Crippen LogP contribution >= 0.6 is 0 Å². The molecule has 1 aliphatic carbocycles. The number of carboxylic acids is 1. The minimum atomic E-state index is -0.690. The minimum absolute atomic E-state index is 0.606. The SMILES string of the molecule is CC1(C(=O)O)CCN(Cc2nn(-c3ccccc3)c3c2CCC3)C1. The minimum Gasteiger partial charge on any atom is -0.481 e. The first kappa shape index (κ1) is 15.4. The lowest BCUT2D eigenvalue weighted by Crippen LogP contribution is -2.31. The molecule has 5 nitrogen and oxygen atoms in total. The first-order valence-corrected chi connectivity index (χ1v) is 8.68. The highest BCUT2D eigenvalue weighted by atomic mass is 16.4. The van der Waals surface area contributed by atoms with Crippen LogP contribution in [0.1, 0.15) is 36.7 Å². The van der Waals surface area contributed by atoms with Gasteiger partial charge in [-0.2, -0.15) is 5.10 Å². The zero-order chi connectivity index (χ0) is 16.7. The number of aliphatic carboxylic acids is 1. The van der Waals surface area contributed by atoms with Crippen LogP contribution in [0.2, 0.25) is 0 Å². The first-order chi connectivity index (χ1) is 11.6. The van der Waals surface area contributed by atoms with Gasteiger partial charge in [0.2, 0.25) is 0 Å². The van der Waals surface area contributed by atoms with E-state index in [1.54, 1.807) is 0 Å². The van der Waals surface area contributed by atoms with E-state index in [-0.39, 0.29) is 0 Å². The molecular formula is C19H23N3O2. The van der Waals surface area contributed by atoms with Gasteiger partial charge in [-0.15, -0.1) is 0 Å². The summed E-state index contributed by atoms with van der Waals surface area (Å²) in [7, 11) is 0. The lowest BCUT2D eigenvalue weighted by atomic mass is 9.90. The molecule has 0 spiro atoms. The summed E-state index contributed by atoms with van der Waals surface area (Å²) in [5, 5.41) is 14.3. The van der Waals surface area contributed by atoms with Gasteiger partial charge in [0.1, 0.15) is 0 Å². The van der Waals surface area contributed by atoms with E-state index in [2.05, 4.69) is 21.7 Å². The summed E-state index contributed by atoms with van der Waals surface area (Å²) in [5.74, 6) is -0.690. The number of fused-ring (bicyclic) bond motifs is 1. The Morgan fingerprint density at radius 1 is 1.29 bits per heavy atom. The Hall–Kier alpha value is -2.14. The summed E-state index contributed by atoms with van der Waals surface area (Å²) in [6.45, 7) is 4.04. The van der Waals surface area contributed by atoms with E-state index in [0.29, 0.717) is 13.0 Å². The van der Waals surface area contributed by atoms with Crippen LogP contribution in [0.25, 0.3) is 5.69 Å². The number of likely N-dealkylation sites (tertiary alicyclic amines) is 1. The number of aromatic nitrogens is 2. The van der Waals surface area contributed by atoms with Gasteiger partial charge in [0.25, 0.3) is 0 Å². The van der Waals surface area contributed by atoms with E-state index in [9.17, 15) is 9.90 Å². The van der Waals surface area contributed by atoms with Crippen molar-refractivity contribution in [2.45, 2.75) is 39.2 Å². The number of hydrogen-bond donors (Lipinski definition) is 1. The average molecular weight is 325 g/mol. The van der Waals surface area contributed by atoms with Gasteiger partial charge in [-0.3, -0.25) is 9.69 Å². The summed E-state index contributed by atoms with van der Waals surface area (Å²) < 4.78 is 2.09. The van der Waals surface area contributed by atoms with Crippen LogP contribution in [0.15, 0.2) is 30.3 Å². The topological polar surface area (TPSA) is 58.4 Å². The lowest BCUT2D eigenvalue weighted by molar-refractivity contribution is -0.147. The van der Waals surface area contributed by atoms with Gasteiger partial charge < -0.3 is 5.11 Å². The van der Waals surface area contributed by atoms with Gasteiger partial charge in [0.15, 0.2) is 0 Å². The monoisotopic (exact) mass is 325 g/mol. The maximum Gasteiger partial charge on any atom is 0.310 e. The third-order valence-electron chi connectivity index (χ3n) is 5.46. The van der Waals surface area contributed by atoms with E-state index in [4.69, 9.17) is 5.10 Å². The molecule has 1 atom stereocenters. The Balaban J connectivity index is 1.60. The summed E-state index contributed by atoms with van der Waals surface area (Å²) in [6, 6.07) is 10.3. The third kappa shape index (κ3) is 2.53. The van der Waals surface area contributed by atoms with Crippen molar-refractivity contribution in [3.63, 3.8) is 0 Å². The fourth-order valence-corrected chi connectivity index (χ4v) is 4.00.